The third kappa shape index (κ3) is 3.83. The number of aromatic hydroxyl groups is 1. The molecule has 1 aromatic rings. The second-order valence-corrected chi connectivity index (χ2v) is 7.93. The summed E-state index contributed by atoms with van der Waals surface area (Å²) in [7, 11) is 0. The van der Waals surface area contributed by atoms with E-state index in [1.807, 2.05) is 32.9 Å². The fourth-order valence-electron chi connectivity index (χ4n) is 3.62. The molecule has 5 heteroatoms. The summed E-state index contributed by atoms with van der Waals surface area (Å²) in [5, 5.41) is 9.43. The van der Waals surface area contributed by atoms with Crippen molar-refractivity contribution in [3.8, 4) is 5.75 Å². The van der Waals surface area contributed by atoms with Crippen LogP contribution in [0.1, 0.15) is 58.1 Å². The number of phenolic OH excluding ortho intramolecular Hbond substituents is 1. The van der Waals surface area contributed by atoms with Crippen molar-refractivity contribution in [3.05, 3.63) is 29.8 Å². The zero-order valence-electron chi connectivity index (χ0n) is 14.7. The molecule has 2 aliphatic heterocycles. The maximum absolute atomic E-state index is 12.4. The molecule has 1 spiro atoms. The highest BCUT2D eigenvalue weighted by atomic mass is 16.6. The third-order valence-electron chi connectivity index (χ3n) is 4.71. The van der Waals surface area contributed by atoms with Gasteiger partial charge in [-0.05, 0) is 64.2 Å². The van der Waals surface area contributed by atoms with Gasteiger partial charge in [0, 0.05) is 6.54 Å². The van der Waals surface area contributed by atoms with E-state index in [4.69, 9.17) is 9.47 Å². The number of carbonyl (C=O) groups is 1. The molecule has 2 aliphatic rings. The Bertz CT molecular complexity index is 592. The van der Waals surface area contributed by atoms with Crippen LogP contribution in [0.5, 0.6) is 5.75 Å². The van der Waals surface area contributed by atoms with E-state index in [0.717, 1.165) is 37.8 Å². The Morgan fingerprint density at radius 3 is 2.67 bits per heavy atom. The summed E-state index contributed by atoms with van der Waals surface area (Å²) in [4.78, 5) is 14.1. The molecule has 2 atom stereocenters. The molecule has 132 valence electrons. The van der Waals surface area contributed by atoms with E-state index in [0.29, 0.717) is 6.54 Å². The van der Waals surface area contributed by atoms with Crippen molar-refractivity contribution in [3.63, 3.8) is 0 Å². The molecule has 2 fully saturated rings. The summed E-state index contributed by atoms with van der Waals surface area (Å²) in [6.45, 7) is 6.98. The van der Waals surface area contributed by atoms with Gasteiger partial charge in [-0.2, -0.15) is 0 Å². The van der Waals surface area contributed by atoms with E-state index in [-0.39, 0.29) is 23.5 Å². The second-order valence-electron chi connectivity index (χ2n) is 7.93. The van der Waals surface area contributed by atoms with E-state index >= 15 is 0 Å². The number of benzene rings is 1. The molecule has 0 radical (unpaired) electrons. The average molecular weight is 333 g/mol. The van der Waals surface area contributed by atoms with Gasteiger partial charge in [0.1, 0.15) is 11.4 Å². The lowest BCUT2D eigenvalue weighted by molar-refractivity contribution is -0.0858. The predicted molar refractivity (Wildman–Crippen MR) is 90.9 cm³/mol. The molecule has 2 heterocycles. The highest BCUT2D eigenvalue weighted by Crippen LogP contribution is 2.44. The van der Waals surface area contributed by atoms with E-state index in [9.17, 15) is 9.90 Å². The molecule has 0 aromatic heterocycles. The van der Waals surface area contributed by atoms with Crippen LogP contribution in [0, 0.1) is 0 Å². The molecular formula is C19H27NO4. The van der Waals surface area contributed by atoms with Gasteiger partial charge in [-0.15, -0.1) is 0 Å². The third-order valence-corrected chi connectivity index (χ3v) is 4.71. The smallest absolute Gasteiger partial charge is 0.410 e. The molecule has 1 aromatic carbocycles. The lowest BCUT2D eigenvalue weighted by Crippen LogP contribution is -2.51. The molecule has 0 bridgehead atoms. The minimum Gasteiger partial charge on any atom is -0.508 e. The lowest BCUT2D eigenvalue weighted by Gasteiger charge is -2.40. The number of hydrogen-bond acceptors (Lipinski definition) is 4. The fraction of sp³-hybridized carbons (Fsp3) is 0.632. The Morgan fingerprint density at radius 1 is 1.29 bits per heavy atom. The van der Waals surface area contributed by atoms with Crippen LogP contribution in [0.4, 0.5) is 4.79 Å². The summed E-state index contributed by atoms with van der Waals surface area (Å²) >= 11 is 0. The standard InChI is InChI=1S/C19H27NO4/c1-18(2,3)24-17(22)20-12-4-10-19(13-20)11-9-16(23-19)14-5-7-15(21)8-6-14/h5-8,16,21H,4,9-13H2,1-3H3/t16-,19+/m1/s1. The summed E-state index contributed by atoms with van der Waals surface area (Å²) in [5.41, 5.74) is 0.337. The SMILES string of the molecule is CC(C)(C)OC(=O)N1CCC[C@]2(CC[C@H](c3ccc(O)cc3)O2)C1. The maximum atomic E-state index is 12.4. The molecule has 5 nitrogen and oxygen atoms in total. The van der Waals surface area contributed by atoms with Gasteiger partial charge in [-0.25, -0.2) is 4.79 Å². The zero-order valence-corrected chi connectivity index (χ0v) is 14.7. The van der Waals surface area contributed by atoms with Crippen molar-refractivity contribution in [1.29, 1.82) is 0 Å². The normalized spacial score (nSPS) is 27.5. The number of rotatable bonds is 1. The number of piperidine rings is 1. The zero-order chi connectivity index (χ0) is 17.4. The Labute approximate surface area is 143 Å². The van der Waals surface area contributed by atoms with Crippen molar-refractivity contribution in [2.75, 3.05) is 13.1 Å². The van der Waals surface area contributed by atoms with Crippen LogP contribution in [-0.4, -0.2) is 40.4 Å². The van der Waals surface area contributed by atoms with E-state index in [1.54, 1.807) is 17.0 Å². The number of phenols is 1. The quantitative estimate of drug-likeness (QED) is 0.843. The number of likely N-dealkylation sites (tertiary alicyclic amines) is 1. The van der Waals surface area contributed by atoms with Crippen LogP contribution in [0.3, 0.4) is 0 Å². The minimum atomic E-state index is -0.479. The maximum Gasteiger partial charge on any atom is 0.410 e. The number of nitrogens with zero attached hydrogens (tertiary/aromatic N) is 1. The van der Waals surface area contributed by atoms with Crippen LogP contribution in [-0.2, 0) is 9.47 Å². The van der Waals surface area contributed by atoms with Crippen LogP contribution in [0.25, 0.3) is 0 Å². The van der Waals surface area contributed by atoms with Crippen LogP contribution in [0.2, 0.25) is 0 Å². The van der Waals surface area contributed by atoms with Crippen molar-refractivity contribution in [1.82, 2.24) is 4.90 Å². The lowest BCUT2D eigenvalue weighted by atomic mass is 9.90. The summed E-state index contributed by atoms with van der Waals surface area (Å²) < 4.78 is 11.9. The van der Waals surface area contributed by atoms with E-state index in [1.165, 1.54) is 0 Å². The van der Waals surface area contributed by atoms with Gasteiger partial charge < -0.3 is 19.5 Å². The molecule has 2 saturated heterocycles. The van der Waals surface area contributed by atoms with Gasteiger partial charge in [0.15, 0.2) is 0 Å². The Morgan fingerprint density at radius 2 is 2.00 bits per heavy atom. The van der Waals surface area contributed by atoms with Gasteiger partial charge in [-0.1, -0.05) is 12.1 Å². The topological polar surface area (TPSA) is 59.0 Å². The first-order valence-corrected chi connectivity index (χ1v) is 8.71. The Hall–Kier alpha value is -1.75. The summed E-state index contributed by atoms with van der Waals surface area (Å²) in [6, 6.07) is 7.20. The highest BCUT2D eigenvalue weighted by Gasteiger charge is 2.45. The molecule has 3 rings (SSSR count). The van der Waals surface area contributed by atoms with Gasteiger partial charge in [-0.3, -0.25) is 0 Å². The predicted octanol–water partition coefficient (Wildman–Crippen LogP) is 4.01. The Balaban J connectivity index is 1.66. The van der Waals surface area contributed by atoms with Crippen LogP contribution >= 0.6 is 0 Å². The second kappa shape index (κ2) is 6.28. The first-order valence-electron chi connectivity index (χ1n) is 8.71. The fourth-order valence-corrected chi connectivity index (χ4v) is 3.62. The molecule has 0 saturated carbocycles. The minimum absolute atomic E-state index is 0.0317. The van der Waals surface area contributed by atoms with Crippen LogP contribution < -0.4 is 0 Å². The first kappa shape index (κ1) is 17.1. The van der Waals surface area contributed by atoms with Crippen molar-refractivity contribution >= 4 is 6.09 Å². The number of amides is 1. The monoisotopic (exact) mass is 333 g/mol. The molecule has 24 heavy (non-hydrogen) atoms. The summed E-state index contributed by atoms with van der Waals surface area (Å²) in [5.74, 6) is 0.264. The van der Waals surface area contributed by atoms with E-state index in [2.05, 4.69) is 0 Å². The van der Waals surface area contributed by atoms with Gasteiger partial charge in [0.25, 0.3) is 0 Å². The van der Waals surface area contributed by atoms with E-state index < -0.39 is 5.60 Å². The van der Waals surface area contributed by atoms with Gasteiger partial charge >= 0.3 is 6.09 Å². The first-order chi connectivity index (χ1) is 11.3. The highest BCUT2D eigenvalue weighted by molar-refractivity contribution is 5.68. The molecule has 1 amide bonds. The number of ether oxygens (including phenoxy) is 2. The Kier molecular flexibility index (Phi) is 4.47. The average Bonchev–Trinajstić information content (AvgIpc) is 2.90. The largest absolute Gasteiger partial charge is 0.508 e. The number of carbonyl (C=O) groups excluding carboxylic acids is 1. The molecule has 0 unspecified atom stereocenters. The number of hydrogen-bond donors (Lipinski definition) is 1. The molecular weight excluding hydrogens is 306 g/mol. The van der Waals surface area contributed by atoms with Crippen molar-refractivity contribution in [2.45, 2.75) is 63.8 Å². The van der Waals surface area contributed by atoms with Crippen molar-refractivity contribution in [2.24, 2.45) is 0 Å². The molecule has 1 N–H and O–H groups in total. The van der Waals surface area contributed by atoms with Crippen LogP contribution in [0.15, 0.2) is 24.3 Å². The molecule has 0 aliphatic carbocycles. The van der Waals surface area contributed by atoms with Gasteiger partial charge in [0.05, 0.1) is 18.2 Å². The van der Waals surface area contributed by atoms with Crippen molar-refractivity contribution < 1.29 is 19.4 Å². The van der Waals surface area contributed by atoms with Gasteiger partial charge in [0.2, 0.25) is 0 Å². The summed E-state index contributed by atoms with van der Waals surface area (Å²) in [6.07, 6.45) is 3.56.